The molecule has 0 radical (unpaired) electrons. The van der Waals surface area contributed by atoms with Crippen LogP contribution in [0.25, 0.3) is 0 Å². The number of hydrogen-bond donors (Lipinski definition) is 1. The van der Waals surface area contributed by atoms with E-state index in [4.69, 9.17) is 5.11 Å². The van der Waals surface area contributed by atoms with Crippen LogP contribution in [0, 0.1) is 5.92 Å². The van der Waals surface area contributed by atoms with Crippen LogP contribution in [0.15, 0.2) is 36.5 Å². The molecule has 2 heteroatoms. The average molecular weight is 250 g/mol. The van der Waals surface area contributed by atoms with Gasteiger partial charge in [0.2, 0.25) is 0 Å². The van der Waals surface area contributed by atoms with Gasteiger partial charge in [0.1, 0.15) is 0 Å². The van der Waals surface area contributed by atoms with Crippen LogP contribution < -0.4 is 0 Å². The van der Waals surface area contributed by atoms with E-state index < -0.39 is 5.97 Å². The summed E-state index contributed by atoms with van der Waals surface area (Å²) >= 11 is 0. The summed E-state index contributed by atoms with van der Waals surface area (Å²) in [7, 11) is 0. The average Bonchev–Trinajstić information content (AvgIpc) is 2.33. The Kier molecular flexibility index (Phi) is 11.3. The highest BCUT2D eigenvalue weighted by atomic mass is 16.4. The van der Waals surface area contributed by atoms with Gasteiger partial charge in [-0.25, -0.2) is 0 Å². The van der Waals surface area contributed by atoms with Crippen LogP contribution in [-0.2, 0) is 4.79 Å². The van der Waals surface area contributed by atoms with Crippen LogP contribution >= 0.6 is 0 Å². The first-order valence-corrected chi connectivity index (χ1v) is 6.87. The molecule has 0 amide bonds. The van der Waals surface area contributed by atoms with Crippen molar-refractivity contribution in [2.45, 2.75) is 52.4 Å². The Hall–Kier alpha value is -1.31. The molecule has 0 aliphatic carbocycles. The molecule has 0 fully saturated rings. The molecule has 0 heterocycles. The third-order valence-corrected chi connectivity index (χ3v) is 2.81. The highest BCUT2D eigenvalue weighted by Crippen LogP contribution is 2.18. The Labute approximate surface area is 111 Å². The van der Waals surface area contributed by atoms with Crippen LogP contribution in [0.1, 0.15) is 52.4 Å². The number of aliphatic carboxylic acids is 1. The number of hydrogen-bond acceptors (Lipinski definition) is 1. The first kappa shape index (κ1) is 16.7. The first-order valence-electron chi connectivity index (χ1n) is 6.87. The highest BCUT2D eigenvalue weighted by Gasteiger charge is 2.10. The molecule has 18 heavy (non-hydrogen) atoms. The van der Waals surface area contributed by atoms with E-state index in [0.29, 0.717) is 0 Å². The second kappa shape index (κ2) is 12.2. The van der Waals surface area contributed by atoms with E-state index >= 15 is 0 Å². The predicted molar refractivity (Wildman–Crippen MR) is 77.6 cm³/mol. The van der Waals surface area contributed by atoms with Crippen molar-refractivity contribution in [3.05, 3.63) is 36.5 Å². The lowest BCUT2D eigenvalue weighted by Gasteiger charge is -2.11. The number of rotatable bonds is 10. The van der Waals surface area contributed by atoms with Crippen LogP contribution in [0.3, 0.4) is 0 Å². The molecule has 102 valence electrons. The van der Waals surface area contributed by atoms with Gasteiger partial charge in [0.25, 0.3) is 0 Å². The molecule has 0 aliphatic rings. The van der Waals surface area contributed by atoms with Crippen molar-refractivity contribution >= 4 is 5.97 Å². The quantitative estimate of drug-likeness (QED) is 0.449. The Bertz CT molecular complexity index is 287. The number of unbranched alkanes of at least 4 members (excludes halogenated alkanes) is 2. The monoisotopic (exact) mass is 250 g/mol. The minimum Gasteiger partial charge on any atom is -0.481 e. The van der Waals surface area contributed by atoms with Gasteiger partial charge in [-0.3, -0.25) is 4.79 Å². The minimum absolute atomic E-state index is 0.278. The lowest BCUT2D eigenvalue weighted by atomic mass is 9.94. The van der Waals surface area contributed by atoms with Crippen LogP contribution in [0.4, 0.5) is 0 Å². The number of carboxylic acids is 1. The van der Waals surface area contributed by atoms with Gasteiger partial charge < -0.3 is 5.11 Å². The zero-order valence-corrected chi connectivity index (χ0v) is 11.6. The van der Waals surface area contributed by atoms with Crippen molar-refractivity contribution < 1.29 is 9.90 Å². The van der Waals surface area contributed by atoms with Gasteiger partial charge in [-0.1, -0.05) is 62.6 Å². The van der Waals surface area contributed by atoms with Crippen LogP contribution in [0.2, 0.25) is 0 Å². The van der Waals surface area contributed by atoms with Gasteiger partial charge in [0, 0.05) is 6.42 Å². The van der Waals surface area contributed by atoms with E-state index in [1.807, 2.05) is 37.3 Å². The molecule has 0 spiro atoms. The lowest BCUT2D eigenvalue weighted by molar-refractivity contribution is -0.138. The fourth-order valence-electron chi connectivity index (χ4n) is 1.82. The summed E-state index contributed by atoms with van der Waals surface area (Å²) in [6.07, 6.45) is 17.6. The van der Waals surface area contributed by atoms with E-state index in [0.717, 1.165) is 19.3 Å². The second-order valence-electron chi connectivity index (χ2n) is 4.53. The van der Waals surface area contributed by atoms with E-state index in [1.54, 1.807) is 0 Å². The van der Waals surface area contributed by atoms with Gasteiger partial charge >= 0.3 is 5.97 Å². The molecule has 1 N–H and O–H groups in total. The molecule has 0 rings (SSSR count). The van der Waals surface area contributed by atoms with Gasteiger partial charge in [0.15, 0.2) is 0 Å². The van der Waals surface area contributed by atoms with Gasteiger partial charge in [-0.2, -0.15) is 0 Å². The Morgan fingerprint density at radius 2 is 1.89 bits per heavy atom. The first-order chi connectivity index (χ1) is 8.70. The molecule has 0 bridgehead atoms. The summed E-state index contributed by atoms with van der Waals surface area (Å²) in [4.78, 5) is 10.8. The summed E-state index contributed by atoms with van der Waals surface area (Å²) in [5.41, 5.74) is 0. The summed E-state index contributed by atoms with van der Waals surface area (Å²) in [6, 6.07) is 0. The number of carboxylic acid groups (broad SMARTS) is 1. The highest BCUT2D eigenvalue weighted by molar-refractivity contribution is 5.67. The molecule has 1 atom stereocenters. The number of allylic oxidation sites excluding steroid dienone is 6. The van der Waals surface area contributed by atoms with E-state index in [9.17, 15) is 4.79 Å². The van der Waals surface area contributed by atoms with E-state index in [1.165, 1.54) is 12.8 Å². The fourth-order valence-corrected chi connectivity index (χ4v) is 1.82. The van der Waals surface area contributed by atoms with Crippen LogP contribution in [0.5, 0.6) is 0 Å². The third kappa shape index (κ3) is 11.2. The summed E-state index contributed by atoms with van der Waals surface area (Å²) < 4.78 is 0. The molecular formula is C16H26O2. The van der Waals surface area contributed by atoms with E-state index in [-0.39, 0.29) is 12.3 Å². The van der Waals surface area contributed by atoms with Crippen molar-refractivity contribution in [2.75, 3.05) is 0 Å². The van der Waals surface area contributed by atoms with E-state index in [2.05, 4.69) is 13.0 Å². The zero-order chi connectivity index (χ0) is 13.6. The standard InChI is InChI=1S/C16H26O2/c1-3-5-7-8-9-11-13-15(14-16(17)18)12-10-6-4-2/h3,5,7-9,11,15H,4,6,10,12-14H2,1-2H3,(H,17,18). The van der Waals surface area contributed by atoms with Crippen molar-refractivity contribution in [2.24, 2.45) is 5.92 Å². The molecule has 1 unspecified atom stereocenters. The molecular weight excluding hydrogens is 224 g/mol. The molecule has 0 aromatic rings. The maximum atomic E-state index is 10.8. The Morgan fingerprint density at radius 1 is 1.17 bits per heavy atom. The van der Waals surface area contributed by atoms with Crippen molar-refractivity contribution in [1.82, 2.24) is 0 Å². The van der Waals surface area contributed by atoms with Crippen molar-refractivity contribution in [3.8, 4) is 0 Å². The number of carbonyl (C=O) groups is 1. The summed E-state index contributed by atoms with van der Waals surface area (Å²) in [5, 5.41) is 8.87. The smallest absolute Gasteiger partial charge is 0.303 e. The normalized spacial score (nSPS) is 13.9. The maximum absolute atomic E-state index is 10.8. The molecule has 0 aromatic carbocycles. The predicted octanol–water partition coefficient (Wildman–Crippen LogP) is 4.74. The molecule has 0 aliphatic heterocycles. The molecule has 0 aromatic heterocycles. The molecule has 2 nitrogen and oxygen atoms in total. The molecule has 0 saturated carbocycles. The van der Waals surface area contributed by atoms with Crippen LogP contribution in [-0.4, -0.2) is 11.1 Å². The maximum Gasteiger partial charge on any atom is 0.303 e. The minimum atomic E-state index is -0.686. The van der Waals surface area contributed by atoms with Gasteiger partial charge in [0.05, 0.1) is 0 Å². The summed E-state index contributed by atoms with van der Waals surface area (Å²) in [5.74, 6) is -0.408. The van der Waals surface area contributed by atoms with Crippen molar-refractivity contribution in [1.29, 1.82) is 0 Å². The van der Waals surface area contributed by atoms with Gasteiger partial charge in [-0.05, 0) is 25.7 Å². The Balaban J connectivity index is 4.02. The summed E-state index contributed by atoms with van der Waals surface area (Å²) in [6.45, 7) is 4.14. The Morgan fingerprint density at radius 3 is 2.50 bits per heavy atom. The SMILES string of the molecule is CC=CC=CC=CCC(CCCCC)CC(=O)O. The third-order valence-electron chi connectivity index (χ3n) is 2.81. The molecule has 0 saturated heterocycles. The second-order valence-corrected chi connectivity index (χ2v) is 4.53. The zero-order valence-electron chi connectivity index (χ0n) is 11.6. The van der Waals surface area contributed by atoms with Crippen molar-refractivity contribution in [3.63, 3.8) is 0 Å². The van der Waals surface area contributed by atoms with Gasteiger partial charge in [-0.15, -0.1) is 0 Å². The topological polar surface area (TPSA) is 37.3 Å². The largest absolute Gasteiger partial charge is 0.481 e. The fraction of sp³-hybridized carbons (Fsp3) is 0.562. The lowest BCUT2D eigenvalue weighted by Crippen LogP contribution is -2.07.